The molecule has 3 N–H and O–H groups in total. The van der Waals surface area contributed by atoms with E-state index in [9.17, 15) is 4.79 Å². The van der Waals surface area contributed by atoms with Crippen molar-refractivity contribution in [1.29, 1.82) is 0 Å². The van der Waals surface area contributed by atoms with Gasteiger partial charge in [0.25, 0.3) is 5.91 Å². The second-order valence-corrected chi connectivity index (χ2v) is 4.59. The molecule has 0 radical (unpaired) electrons. The van der Waals surface area contributed by atoms with Gasteiger partial charge in [0.2, 0.25) is 0 Å². The van der Waals surface area contributed by atoms with Crippen LogP contribution in [0.2, 0.25) is 0 Å². The molecule has 0 bridgehead atoms. The molecule has 2 rings (SSSR count). The molecule has 1 amide bonds. The van der Waals surface area contributed by atoms with Gasteiger partial charge in [-0.1, -0.05) is 0 Å². The molecule has 0 fully saturated rings. The van der Waals surface area contributed by atoms with Crippen LogP contribution in [0.4, 0.5) is 11.4 Å². The molecule has 0 saturated heterocycles. The molecule has 0 aliphatic heterocycles. The van der Waals surface area contributed by atoms with Gasteiger partial charge < -0.3 is 20.5 Å². The number of aryl methyl sites for hydroxylation is 1. The van der Waals surface area contributed by atoms with E-state index >= 15 is 0 Å². The van der Waals surface area contributed by atoms with Crippen molar-refractivity contribution in [3.05, 3.63) is 47.5 Å². The lowest BCUT2D eigenvalue weighted by molar-refractivity contribution is 0.102. The van der Waals surface area contributed by atoms with Gasteiger partial charge >= 0.3 is 0 Å². The zero-order valence-electron chi connectivity index (χ0n) is 12.3. The number of nitrogens with one attached hydrogen (secondary N) is 1. The summed E-state index contributed by atoms with van der Waals surface area (Å²) in [4.78, 5) is 12.3. The molecule has 0 saturated carbocycles. The average Bonchev–Trinajstić information content (AvgIpc) is 2.48. The highest BCUT2D eigenvalue weighted by Crippen LogP contribution is 2.24. The third-order valence-electron chi connectivity index (χ3n) is 3.19. The molecule has 21 heavy (non-hydrogen) atoms. The molecule has 5 heteroatoms. The van der Waals surface area contributed by atoms with E-state index < -0.39 is 0 Å². The Kier molecular flexibility index (Phi) is 4.33. The second-order valence-electron chi connectivity index (χ2n) is 4.59. The van der Waals surface area contributed by atoms with Crippen LogP contribution in [0.1, 0.15) is 15.9 Å². The zero-order chi connectivity index (χ0) is 15.4. The van der Waals surface area contributed by atoms with Crippen LogP contribution in [0, 0.1) is 6.92 Å². The Bertz CT molecular complexity index is 669. The van der Waals surface area contributed by atoms with Crippen LogP contribution in [0.3, 0.4) is 0 Å². The number of ether oxygens (including phenoxy) is 2. The highest BCUT2D eigenvalue weighted by Gasteiger charge is 2.12. The maximum Gasteiger partial charge on any atom is 0.257 e. The van der Waals surface area contributed by atoms with Crippen LogP contribution in [-0.4, -0.2) is 20.1 Å². The number of amides is 1. The van der Waals surface area contributed by atoms with Crippen LogP contribution >= 0.6 is 0 Å². The van der Waals surface area contributed by atoms with Gasteiger partial charge in [-0.25, -0.2) is 0 Å². The number of carbonyl (C=O) groups excluding carboxylic acids is 1. The van der Waals surface area contributed by atoms with Gasteiger partial charge in [-0.05, 0) is 42.8 Å². The number of hydrogen-bond donors (Lipinski definition) is 2. The number of carbonyl (C=O) groups is 1. The van der Waals surface area contributed by atoms with E-state index in [1.54, 1.807) is 44.6 Å². The lowest BCUT2D eigenvalue weighted by Crippen LogP contribution is -2.14. The van der Waals surface area contributed by atoms with Crippen molar-refractivity contribution < 1.29 is 14.3 Å². The van der Waals surface area contributed by atoms with Crippen LogP contribution in [0.15, 0.2) is 36.4 Å². The first-order chi connectivity index (χ1) is 10.0. The summed E-state index contributed by atoms with van der Waals surface area (Å²) < 4.78 is 10.2. The minimum atomic E-state index is -0.261. The minimum Gasteiger partial charge on any atom is -0.497 e. The quantitative estimate of drug-likeness (QED) is 0.848. The molecular formula is C16H18N2O3. The lowest BCUT2D eigenvalue weighted by Gasteiger charge is -2.11. The second kappa shape index (κ2) is 6.17. The molecule has 0 aliphatic carbocycles. The molecule has 5 nitrogen and oxygen atoms in total. The number of nitrogens with two attached hydrogens (primary N) is 1. The number of anilines is 2. The third kappa shape index (κ3) is 3.25. The summed E-state index contributed by atoms with van der Waals surface area (Å²) in [5, 5.41) is 2.84. The summed E-state index contributed by atoms with van der Waals surface area (Å²) in [7, 11) is 3.15. The van der Waals surface area contributed by atoms with E-state index in [0.717, 1.165) is 17.0 Å². The molecule has 0 aliphatic rings. The Labute approximate surface area is 123 Å². The minimum absolute atomic E-state index is 0.261. The number of hydrogen-bond acceptors (Lipinski definition) is 4. The Morgan fingerprint density at radius 3 is 2.24 bits per heavy atom. The zero-order valence-corrected chi connectivity index (χ0v) is 12.3. The van der Waals surface area contributed by atoms with Crippen molar-refractivity contribution in [3.63, 3.8) is 0 Å². The lowest BCUT2D eigenvalue weighted by atomic mass is 10.1. The van der Waals surface area contributed by atoms with Crippen molar-refractivity contribution in [2.24, 2.45) is 0 Å². The molecule has 0 unspecified atom stereocenters. The Morgan fingerprint density at radius 1 is 1.05 bits per heavy atom. The van der Waals surface area contributed by atoms with Gasteiger partial charge in [-0.15, -0.1) is 0 Å². The summed E-state index contributed by atoms with van der Waals surface area (Å²) in [6.45, 7) is 1.90. The molecule has 0 spiro atoms. The van der Waals surface area contributed by atoms with Crippen LogP contribution in [0.25, 0.3) is 0 Å². The molecule has 2 aromatic carbocycles. The number of nitrogen functional groups attached to an aromatic ring is 1. The van der Waals surface area contributed by atoms with Gasteiger partial charge in [0, 0.05) is 17.4 Å². The fourth-order valence-corrected chi connectivity index (χ4v) is 1.97. The maximum absolute atomic E-state index is 12.3. The summed E-state index contributed by atoms with van der Waals surface area (Å²) in [6, 6.07) is 10.4. The Balaban J connectivity index is 2.22. The van der Waals surface area contributed by atoms with Crippen LogP contribution in [-0.2, 0) is 0 Å². The van der Waals surface area contributed by atoms with E-state index in [1.165, 1.54) is 0 Å². The fourth-order valence-electron chi connectivity index (χ4n) is 1.97. The molecule has 0 aromatic heterocycles. The van der Waals surface area contributed by atoms with Gasteiger partial charge in [0.1, 0.15) is 11.5 Å². The van der Waals surface area contributed by atoms with Crippen molar-refractivity contribution in [3.8, 4) is 11.5 Å². The van der Waals surface area contributed by atoms with Gasteiger partial charge in [0.15, 0.2) is 0 Å². The third-order valence-corrected chi connectivity index (χ3v) is 3.19. The average molecular weight is 286 g/mol. The van der Waals surface area contributed by atoms with Crippen molar-refractivity contribution in [2.75, 3.05) is 25.3 Å². The van der Waals surface area contributed by atoms with E-state index in [4.69, 9.17) is 15.2 Å². The SMILES string of the molecule is COc1ccc(NC(=O)c2ccc(OC)cc2N)c(C)c1. The van der Waals surface area contributed by atoms with E-state index in [-0.39, 0.29) is 5.91 Å². The summed E-state index contributed by atoms with van der Waals surface area (Å²) in [6.07, 6.45) is 0. The Hall–Kier alpha value is -2.69. The Morgan fingerprint density at radius 2 is 1.67 bits per heavy atom. The first kappa shape index (κ1) is 14.7. The van der Waals surface area contributed by atoms with Crippen LogP contribution < -0.4 is 20.5 Å². The van der Waals surface area contributed by atoms with Gasteiger partial charge in [-0.2, -0.15) is 0 Å². The number of benzene rings is 2. The highest BCUT2D eigenvalue weighted by molar-refractivity contribution is 6.08. The van der Waals surface area contributed by atoms with E-state index in [2.05, 4.69) is 5.32 Å². The maximum atomic E-state index is 12.3. The van der Waals surface area contributed by atoms with Gasteiger partial charge in [-0.3, -0.25) is 4.79 Å². The first-order valence-corrected chi connectivity index (χ1v) is 6.44. The predicted molar refractivity (Wildman–Crippen MR) is 83.1 cm³/mol. The molecule has 110 valence electrons. The van der Waals surface area contributed by atoms with Crippen LogP contribution in [0.5, 0.6) is 11.5 Å². The molecule has 0 heterocycles. The standard InChI is InChI=1S/C16H18N2O3/c1-10-8-11(20-2)5-7-15(10)18-16(19)13-6-4-12(21-3)9-14(13)17/h4-9H,17H2,1-3H3,(H,18,19). The molecular weight excluding hydrogens is 268 g/mol. The van der Waals surface area contributed by atoms with Crippen molar-refractivity contribution in [2.45, 2.75) is 6.92 Å². The normalized spacial score (nSPS) is 10.0. The van der Waals surface area contributed by atoms with E-state index in [1.807, 2.05) is 13.0 Å². The topological polar surface area (TPSA) is 73.6 Å². The van der Waals surface area contributed by atoms with Crippen molar-refractivity contribution >= 4 is 17.3 Å². The fraction of sp³-hybridized carbons (Fsp3) is 0.188. The number of rotatable bonds is 4. The molecule has 2 aromatic rings. The van der Waals surface area contributed by atoms with Gasteiger partial charge in [0.05, 0.1) is 19.8 Å². The first-order valence-electron chi connectivity index (χ1n) is 6.44. The largest absolute Gasteiger partial charge is 0.497 e. The summed E-state index contributed by atoms with van der Waals surface area (Å²) in [5.41, 5.74) is 8.29. The summed E-state index contributed by atoms with van der Waals surface area (Å²) in [5.74, 6) is 1.10. The molecule has 0 atom stereocenters. The van der Waals surface area contributed by atoms with Crippen molar-refractivity contribution in [1.82, 2.24) is 0 Å². The monoisotopic (exact) mass is 286 g/mol. The smallest absolute Gasteiger partial charge is 0.257 e. The predicted octanol–water partition coefficient (Wildman–Crippen LogP) is 2.85. The van der Waals surface area contributed by atoms with E-state index in [0.29, 0.717) is 17.0 Å². The summed E-state index contributed by atoms with van der Waals surface area (Å²) >= 11 is 0. The highest BCUT2D eigenvalue weighted by atomic mass is 16.5. The number of methoxy groups -OCH3 is 2.